The van der Waals surface area contributed by atoms with E-state index in [2.05, 4.69) is 16.5 Å². The molecule has 0 unspecified atom stereocenters. The van der Waals surface area contributed by atoms with Crippen molar-refractivity contribution in [3.05, 3.63) is 60.0 Å². The Morgan fingerprint density at radius 1 is 1.24 bits per heavy atom. The predicted molar refractivity (Wildman–Crippen MR) is 87.8 cm³/mol. The van der Waals surface area contributed by atoms with E-state index in [9.17, 15) is 14.4 Å². The van der Waals surface area contributed by atoms with Crippen molar-refractivity contribution >= 4 is 11.6 Å². The number of benzene rings is 2. The highest BCUT2D eigenvalue weighted by molar-refractivity contribution is 5.96. The molecule has 1 amide bonds. The zero-order valence-corrected chi connectivity index (χ0v) is 12.9. The van der Waals surface area contributed by atoms with Gasteiger partial charge in [0.25, 0.3) is 5.91 Å². The second-order valence-electron chi connectivity index (χ2n) is 5.45. The van der Waals surface area contributed by atoms with Gasteiger partial charge < -0.3 is 10.1 Å². The summed E-state index contributed by atoms with van der Waals surface area (Å²) in [6.07, 6.45) is 1.45. The Kier molecular flexibility index (Phi) is 3.43. The highest BCUT2D eigenvalue weighted by Crippen LogP contribution is 2.34. The number of nitrogens with zero attached hydrogens (tertiary/aromatic N) is 3. The molecular formula is C18H11FN4O2. The third-order valence-electron chi connectivity index (χ3n) is 3.85. The zero-order chi connectivity index (χ0) is 17.4. The van der Waals surface area contributed by atoms with Crippen LogP contribution in [0, 0.1) is 17.1 Å². The van der Waals surface area contributed by atoms with Crippen molar-refractivity contribution in [2.45, 2.75) is 0 Å². The molecule has 6 nitrogen and oxygen atoms in total. The van der Waals surface area contributed by atoms with Gasteiger partial charge in [-0.3, -0.25) is 4.79 Å². The van der Waals surface area contributed by atoms with Crippen molar-refractivity contribution in [1.82, 2.24) is 9.78 Å². The largest absolute Gasteiger partial charge is 0.482 e. The molecule has 0 bridgehead atoms. The molecule has 3 aromatic rings. The Labute approximate surface area is 142 Å². The average molecular weight is 334 g/mol. The van der Waals surface area contributed by atoms with Gasteiger partial charge in [-0.1, -0.05) is 0 Å². The number of halogens is 1. The fourth-order valence-electron chi connectivity index (χ4n) is 2.72. The van der Waals surface area contributed by atoms with Crippen LogP contribution < -0.4 is 10.1 Å². The molecule has 0 spiro atoms. The van der Waals surface area contributed by atoms with Crippen molar-refractivity contribution in [1.29, 1.82) is 5.26 Å². The second-order valence-corrected chi connectivity index (χ2v) is 5.45. The van der Waals surface area contributed by atoms with Crippen molar-refractivity contribution in [3.63, 3.8) is 0 Å². The SMILES string of the molecule is N#Cc1cnn(-c2ccc(F)cc2)c1-c1ccc2c(c1)NC(=O)CO2. The Morgan fingerprint density at radius 2 is 2.04 bits per heavy atom. The highest BCUT2D eigenvalue weighted by atomic mass is 19.1. The van der Waals surface area contributed by atoms with Gasteiger partial charge in [-0.2, -0.15) is 10.4 Å². The van der Waals surface area contributed by atoms with E-state index in [-0.39, 0.29) is 18.3 Å². The molecule has 1 N–H and O–H groups in total. The Hall–Kier alpha value is -3.66. The van der Waals surface area contributed by atoms with Crippen LogP contribution in [0.2, 0.25) is 0 Å². The van der Waals surface area contributed by atoms with E-state index < -0.39 is 0 Å². The molecule has 2 heterocycles. The van der Waals surface area contributed by atoms with Gasteiger partial charge in [0.15, 0.2) is 6.61 Å². The number of nitrogens with one attached hydrogen (secondary N) is 1. The van der Waals surface area contributed by atoms with E-state index >= 15 is 0 Å². The van der Waals surface area contributed by atoms with Crippen molar-refractivity contribution in [3.8, 4) is 28.8 Å². The fraction of sp³-hybridized carbons (Fsp3) is 0.0556. The molecule has 1 aliphatic rings. The summed E-state index contributed by atoms with van der Waals surface area (Å²) in [5, 5.41) is 16.4. The van der Waals surface area contributed by atoms with E-state index in [1.807, 2.05) is 0 Å². The Balaban J connectivity index is 1.87. The molecule has 1 aromatic heterocycles. The van der Waals surface area contributed by atoms with Crippen molar-refractivity contribution in [2.24, 2.45) is 0 Å². The standard InChI is InChI=1S/C18H11FN4O2/c19-13-2-4-14(5-3-13)23-18(12(8-20)9-21-23)11-1-6-16-15(7-11)22-17(24)10-25-16/h1-7,9H,10H2,(H,22,24). The molecule has 4 rings (SSSR count). The number of hydrogen-bond donors (Lipinski definition) is 1. The van der Waals surface area contributed by atoms with Gasteiger partial charge in [0, 0.05) is 5.56 Å². The minimum atomic E-state index is -0.355. The Bertz CT molecular complexity index is 1020. The normalized spacial score (nSPS) is 12.7. The first-order chi connectivity index (χ1) is 12.2. The molecule has 0 saturated heterocycles. The number of carbonyl (C=O) groups excluding carboxylic acids is 1. The summed E-state index contributed by atoms with van der Waals surface area (Å²) in [4.78, 5) is 11.5. The van der Waals surface area contributed by atoms with Gasteiger partial charge in [-0.15, -0.1) is 0 Å². The van der Waals surface area contributed by atoms with Gasteiger partial charge in [0.05, 0.1) is 28.8 Å². The summed E-state index contributed by atoms with van der Waals surface area (Å²) in [6.45, 7) is -0.0245. The number of anilines is 1. The fourth-order valence-corrected chi connectivity index (χ4v) is 2.72. The zero-order valence-electron chi connectivity index (χ0n) is 12.9. The third kappa shape index (κ3) is 2.60. The number of aromatic nitrogens is 2. The third-order valence-corrected chi connectivity index (χ3v) is 3.85. The molecule has 0 saturated carbocycles. The molecule has 2 aromatic carbocycles. The summed E-state index contributed by atoms with van der Waals surface area (Å²) in [7, 11) is 0. The van der Waals surface area contributed by atoms with Crippen molar-refractivity contribution in [2.75, 3.05) is 11.9 Å². The average Bonchev–Trinajstić information content (AvgIpc) is 3.05. The lowest BCUT2D eigenvalue weighted by Crippen LogP contribution is -2.25. The monoisotopic (exact) mass is 334 g/mol. The minimum absolute atomic E-state index is 0.0245. The van der Waals surface area contributed by atoms with Crippen molar-refractivity contribution < 1.29 is 13.9 Å². The molecule has 1 aliphatic heterocycles. The molecule has 0 aliphatic carbocycles. The quantitative estimate of drug-likeness (QED) is 0.781. The molecule has 0 atom stereocenters. The van der Waals surface area contributed by atoms with E-state index in [0.717, 1.165) is 0 Å². The van der Waals surface area contributed by atoms with E-state index in [1.165, 1.54) is 18.3 Å². The van der Waals surface area contributed by atoms with Crippen LogP contribution in [-0.4, -0.2) is 22.3 Å². The number of carbonyl (C=O) groups is 1. The van der Waals surface area contributed by atoms with Crippen LogP contribution in [0.5, 0.6) is 5.75 Å². The Morgan fingerprint density at radius 3 is 2.80 bits per heavy atom. The molecule has 122 valence electrons. The summed E-state index contributed by atoms with van der Waals surface area (Å²) >= 11 is 0. The molecule has 7 heteroatoms. The number of rotatable bonds is 2. The van der Waals surface area contributed by atoms with Crippen LogP contribution in [0.15, 0.2) is 48.7 Å². The van der Waals surface area contributed by atoms with Crippen LogP contribution in [0.1, 0.15) is 5.56 Å². The number of hydrogen-bond acceptors (Lipinski definition) is 4. The van der Waals surface area contributed by atoms with E-state index in [4.69, 9.17) is 4.74 Å². The first kappa shape index (κ1) is 14.9. The maximum Gasteiger partial charge on any atom is 0.262 e. The summed E-state index contributed by atoms with van der Waals surface area (Å²) in [5.41, 5.74) is 2.76. The summed E-state index contributed by atoms with van der Waals surface area (Å²) in [6, 6.07) is 13.2. The van der Waals surface area contributed by atoms with Crippen LogP contribution in [0.25, 0.3) is 16.9 Å². The van der Waals surface area contributed by atoms with Gasteiger partial charge in [0.1, 0.15) is 17.6 Å². The molecule has 0 fully saturated rings. The van der Waals surface area contributed by atoms with Crippen LogP contribution in [-0.2, 0) is 4.79 Å². The number of fused-ring (bicyclic) bond motifs is 1. The highest BCUT2D eigenvalue weighted by Gasteiger charge is 2.20. The van der Waals surface area contributed by atoms with Gasteiger partial charge in [0.2, 0.25) is 0 Å². The summed E-state index contributed by atoms with van der Waals surface area (Å²) in [5.74, 6) is -0.0292. The second kappa shape index (κ2) is 5.76. The lowest BCUT2D eigenvalue weighted by Gasteiger charge is -2.19. The topological polar surface area (TPSA) is 79.9 Å². The molecule has 25 heavy (non-hydrogen) atoms. The van der Waals surface area contributed by atoms with Gasteiger partial charge in [-0.05, 0) is 42.5 Å². The summed E-state index contributed by atoms with van der Waals surface area (Å²) < 4.78 is 20.1. The van der Waals surface area contributed by atoms with E-state index in [0.29, 0.717) is 33.9 Å². The van der Waals surface area contributed by atoms with E-state index in [1.54, 1.807) is 35.0 Å². The number of nitriles is 1. The first-order valence-corrected chi connectivity index (χ1v) is 7.47. The maximum absolute atomic E-state index is 13.2. The lowest BCUT2D eigenvalue weighted by atomic mass is 10.1. The predicted octanol–water partition coefficient (Wildman–Crippen LogP) is 2.88. The lowest BCUT2D eigenvalue weighted by molar-refractivity contribution is -0.118. The number of ether oxygens (including phenoxy) is 1. The minimum Gasteiger partial charge on any atom is -0.482 e. The molecule has 0 radical (unpaired) electrons. The molecular weight excluding hydrogens is 323 g/mol. The smallest absolute Gasteiger partial charge is 0.262 e. The van der Waals surface area contributed by atoms with Crippen LogP contribution in [0.4, 0.5) is 10.1 Å². The van der Waals surface area contributed by atoms with Gasteiger partial charge in [-0.25, -0.2) is 9.07 Å². The number of amides is 1. The van der Waals surface area contributed by atoms with Crippen LogP contribution >= 0.6 is 0 Å². The van der Waals surface area contributed by atoms with Gasteiger partial charge >= 0.3 is 0 Å². The van der Waals surface area contributed by atoms with Crippen LogP contribution in [0.3, 0.4) is 0 Å². The maximum atomic E-state index is 13.2. The first-order valence-electron chi connectivity index (χ1n) is 7.47.